The minimum absolute atomic E-state index is 0.173. The summed E-state index contributed by atoms with van der Waals surface area (Å²) in [7, 11) is -3.24. The third kappa shape index (κ3) is 3.73. The Morgan fingerprint density at radius 1 is 1.45 bits per heavy atom. The number of nitrogens with one attached hydrogen (secondary N) is 3. The molecule has 3 rings (SSSR count). The zero-order valence-corrected chi connectivity index (χ0v) is 13.1. The van der Waals surface area contributed by atoms with E-state index in [1.165, 1.54) is 0 Å². The minimum atomic E-state index is -3.24. The third-order valence-electron chi connectivity index (χ3n) is 3.77. The normalized spacial score (nSPS) is 18.3. The van der Waals surface area contributed by atoms with Gasteiger partial charge in [0.15, 0.2) is 0 Å². The lowest BCUT2D eigenvalue weighted by atomic mass is 9.92. The fourth-order valence-electron chi connectivity index (χ4n) is 2.61. The highest BCUT2D eigenvalue weighted by molar-refractivity contribution is 7.88. The Hall–Kier alpha value is -1.71. The third-order valence-corrected chi connectivity index (χ3v) is 4.44. The quantitative estimate of drug-likeness (QED) is 0.694. The fraction of sp³-hybridized carbons (Fsp3) is 0.538. The van der Waals surface area contributed by atoms with E-state index < -0.39 is 10.0 Å². The molecule has 2 aromatic rings. The monoisotopic (exact) mass is 325 g/mol. The summed E-state index contributed by atoms with van der Waals surface area (Å²) in [6, 6.07) is 0.318. The summed E-state index contributed by atoms with van der Waals surface area (Å²) in [6.45, 7) is 0.921. The van der Waals surface area contributed by atoms with Gasteiger partial charge in [0, 0.05) is 36.3 Å². The van der Waals surface area contributed by atoms with Crippen molar-refractivity contribution in [1.29, 1.82) is 0 Å². The van der Waals surface area contributed by atoms with Gasteiger partial charge >= 0.3 is 0 Å². The predicted molar refractivity (Wildman–Crippen MR) is 79.4 cm³/mol. The van der Waals surface area contributed by atoms with Crippen LogP contribution in [0.2, 0.25) is 0 Å². The van der Waals surface area contributed by atoms with E-state index in [2.05, 4.69) is 25.4 Å². The van der Waals surface area contributed by atoms with Gasteiger partial charge in [-0.25, -0.2) is 13.1 Å². The van der Waals surface area contributed by atoms with Crippen molar-refractivity contribution in [3.05, 3.63) is 35.0 Å². The molecule has 1 unspecified atom stereocenters. The zero-order chi connectivity index (χ0) is 15.6. The Kier molecular flexibility index (Phi) is 4.27. The zero-order valence-electron chi connectivity index (χ0n) is 12.3. The number of hydrogen-bond donors (Lipinski definition) is 3. The number of rotatable bonds is 6. The Morgan fingerprint density at radius 3 is 3.05 bits per heavy atom. The van der Waals surface area contributed by atoms with Crippen LogP contribution in [0.5, 0.6) is 0 Å². The molecule has 22 heavy (non-hydrogen) atoms. The molecule has 0 saturated carbocycles. The number of fused-ring (bicyclic) bond motifs is 1. The highest BCUT2D eigenvalue weighted by Gasteiger charge is 2.25. The topological polar surface area (TPSA) is 113 Å². The first-order chi connectivity index (χ1) is 10.5. The molecular formula is C13H19N5O3S. The van der Waals surface area contributed by atoms with Gasteiger partial charge in [0.2, 0.25) is 10.0 Å². The first-order valence-electron chi connectivity index (χ1n) is 7.13. The van der Waals surface area contributed by atoms with Gasteiger partial charge in [-0.15, -0.1) is 0 Å². The van der Waals surface area contributed by atoms with E-state index >= 15 is 0 Å². The molecule has 0 amide bonds. The van der Waals surface area contributed by atoms with E-state index in [1.54, 1.807) is 6.20 Å². The number of hydrogen-bond acceptors (Lipinski definition) is 6. The van der Waals surface area contributed by atoms with Crippen LogP contribution in [-0.4, -0.2) is 36.1 Å². The molecular weight excluding hydrogens is 306 g/mol. The fourth-order valence-corrected chi connectivity index (χ4v) is 3.01. The summed E-state index contributed by atoms with van der Waals surface area (Å²) in [6.07, 6.45) is 7.36. The molecule has 3 N–H and O–H groups in total. The average molecular weight is 325 g/mol. The van der Waals surface area contributed by atoms with E-state index in [9.17, 15) is 8.42 Å². The van der Waals surface area contributed by atoms with Crippen LogP contribution in [0.3, 0.4) is 0 Å². The van der Waals surface area contributed by atoms with Gasteiger partial charge in [-0.05, 0) is 12.8 Å². The SMILES string of the molecule is CS(=O)(=O)NCc1noc2c1CC(NCc1cn[nH]c1)CC2. The largest absolute Gasteiger partial charge is 0.361 e. The molecule has 8 nitrogen and oxygen atoms in total. The number of nitrogens with zero attached hydrogens (tertiary/aromatic N) is 2. The van der Waals surface area contributed by atoms with Crippen LogP contribution in [-0.2, 0) is 36.0 Å². The summed E-state index contributed by atoms with van der Waals surface area (Å²) in [4.78, 5) is 0. The molecule has 1 atom stereocenters. The molecule has 0 aliphatic heterocycles. The van der Waals surface area contributed by atoms with E-state index in [1.807, 2.05) is 6.20 Å². The molecule has 0 saturated heterocycles. The molecule has 1 aliphatic carbocycles. The Balaban J connectivity index is 1.62. The lowest BCUT2D eigenvalue weighted by Gasteiger charge is -2.22. The highest BCUT2D eigenvalue weighted by Crippen LogP contribution is 2.25. The van der Waals surface area contributed by atoms with Crippen molar-refractivity contribution in [2.75, 3.05) is 6.26 Å². The summed E-state index contributed by atoms with van der Waals surface area (Å²) in [5, 5.41) is 14.2. The number of sulfonamides is 1. The van der Waals surface area contributed by atoms with Gasteiger partial charge in [0.05, 0.1) is 19.0 Å². The number of aromatic amines is 1. The lowest BCUT2D eigenvalue weighted by Crippen LogP contribution is -2.34. The van der Waals surface area contributed by atoms with Crippen LogP contribution in [0.25, 0.3) is 0 Å². The second-order valence-corrected chi connectivity index (χ2v) is 7.38. The molecule has 0 fully saturated rings. The molecule has 120 valence electrons. The van der Waals surface area contributed by atoms with Crippen LogP contribution in [0.1, 0.15) is 29.0 Å². The maximum Gasteiger partial charge on any atom is 0.209 e. The summed E-state index contributed by atoms with van der Waals surface area (Å²) < 4.78 is 30.2. The molecule has 2 aromatic heterocycles. The second kappa shape index (κ2) is 6.19. The summed E-state index contributed by atoms with van der Waals surface area (Å²) in [5.74, 6) is 0.867. The van der Waals surface area contributed by atoms with Crippen molar-refractivity contribution in [1.82, 2.24) is 25.4 Å². The molecule has 9 heteroatoms. The maximum atomic E-state index is 11.2. The van der Waals surface area contributed by atoms with Gasteiger partial charge in [0.1, 0.15) is 11.5 Å². The molecule has 0 bridgehead atoms. The van der Waals surface area contributed by atoms with Crippen LogP contribution in [0, 0.1) is 0 Å². The van der Waals surface area contributed by atoms with Crippen LogP contribution >= 0.6 is 0 Å². The van der Waals surface area contributed by atoms with Crippen molar-refractivity contribution in [2.24, 2.45) is 0 Å². The van der Waals surface area contributed by atoms with E-state index in [0.717, 1.165) is 49.0 Å². The number of aryl methyl sites for hydroxylation is 1. The van der Waals surface area contributed by atoms with Crippen molar-refractivity contribution in [3.8, 4) is 0 Å². The average Bonchev–Trinajstić information content (AvgIpc) is 3.11. The van der Waals surface area contributed by atoms with Gasteiger partial charge in [0.25, 0.3) is 0 Å². The smallest absolute Gasteiger partial charge is 0.209 e. The molecule has 0 spiro atoms. The van der Waals surface area contributed by atoms with Crippen LogP contribution in [0.15, 0.2) is 16.9 Å². The van der Waals surface area contributed by atoms with Gasteiger partial charge in [-0.3, -0.25) is 5.10 Å². The van der Waals surface area contributed by atoms with Gasteiger partial charge in [-0.2, -0.15) is 5.10 Å². The van der Waals surface area contributed by atoms with Crippen molar-refractivity contribution >= 4 is 10.0 Å². The molecule has 2 heterocycles. The van der Waals surface area contributed by atoms with E-state index in [-0.39, 0.29) is 6.54 Å². The van der Waals surface area contributed by atoms with Gasteiger partial charge < -0.3 is 9.84 Å². The van der Waals surface area contributed by atoms with Crippen LogP contribution < -0.4 is 10.0 Å². The minimum Gasteiger partial charge on any atom is -0.361 e. The molecule has 1 aliphatic rings. The highest BCUT2D eigenvalue weighted by atomic mass is 32.2. The van der Waals surface area contributed by atoms with E-state index in [0.29, 0.717) is 11.7 Å². The van der Waals surface area contributed by atoms with E-state index in [4.69, 9.17) is 4.52 Å². The lowest BCUT2D eigenvalue weighted by molar-refractivity contribution is 0.351. The van der Waals surface area contributed by atoms with Crippen molar-refractivity contribution < 1.29 is 12.9 Å². The maximum absolute atomic E-state index is 11.2. The number of H-pyrrole nitrogens is 1. The second-order valence-electron chi connectivity index (χ2n) is 5.55. The van der Waals surface area contributed by atoms with Crippen molar-refractivity contribution in [2.45, 2.75) is 38.4 Å². The Labute approximate surface area is 128 Å². The number of aromatic nitrogens is 3. The summed E-state index contributed by atoms with van der Waals surface area (Å²) in [5.41, 5.74) is 2.80. The summed E-state index contributed by atoms with van der Waals surface area (Å²) >= 11 is 0. The van der Waals surface area contributed by atoms with Gasteiger partial charge in [-0.1, -0.05) is 5.16 Å². The first-order valence-corrected chi connectivity index (χ1v) is 9.02. The predicted octanol–water partition coefficient (Wildman–Crippen LogP) is 0.0940. The molecule has 0 radical (unpaired) electrons. The Morgan fingerprint density at radius 2 is 2.32 bits per heavy atom. The first kappa shape index (κ1) is 15.2. The molecule has 0 aromatic carbocycles. The van der Waals surface area contributed by atoms with Crippen LogP contribution in [0.4, 0.5) is 0 Å². The Bertz CT molecular complexity index is 723. The van der Waals surface area contributed by atoms with Crippen molar-refractivity contribution in [3.63, 3.8) is 0 Å². The standard InChI is InChI=1S/C13H19N5O3S/c1-22(19,20)17-8-12-11-4-10(2-3-13(11)21-18-12)14-5-9-6-15-16-7-9/h6-7,10,14,17H,2-5,8H2,1H3,(H,15,16).